The van der Waals surface area contributed by atoms with Crippen LogP contribution in [0.15, 0.2) is 24.3 Å². The normalized spacial score (nSPS) is 29.7. The maximum atomic E-state index is 11.9. The first kappa shape index (κ1) is 15.0. The molecule has 0 bridgehead atoms. The molecule has 4 atom stereocenters. The van der Waals surface area contributed by atoms with Crippen LogP contribution >= 0.6 is 0 Å². The molecule has 3 N–H and O–H groups in total. The summed E-state index contributed by atoms with van der Waals surface area (Å²) in [6, 6.07) is 7.48. The molecule has 0 aromatic heterocycles. The summed E-state index contributed by atoms with van der Waals surface area (Å²) in [4.78, 5) is 11.9. The van der Waals surface area contributed by atoms with Crippen LogP contribution in [-0.4, -0.2) is 34.4 Å². The zero-order valence-electron chi connectivity index (χ0n) is 12.2. The lowest BCUT2D eigenvalue weighted by molar-refractivity contribution is -0.125. The molecule has 1 fully saturated rings. The molecule has 110 valence electrons. The molecule has 1 amide bonds. The molecule has 1 aliphatic carbocycles. The standard InChI is InChI=1S/C16H23NO3/c1-9(2)16(20)17-14-12(8-13(18)15(14)19)11-7-5-4-6-10(11)3/h4-7,9,12-15,18-19H,8H2,1-3H3,(H,17,20). The third-order valence-electron chi connectivity index (χ3n) is 4.11. The number of carbonyl (C=O) groups excluding carboxylic acids is 1. The van der Waals surface area contributed by atoms with Crippen molar-refractivity contribution >= 4 is 5.91 Å². The Bertz CT molecular complexity index is 486. The van der Waals surface area contributed by atoms with Gasteiger partial charge in [0, 0.05) is 11.8 Å². The maximum absolute atomic E-state index is 11.9. The van der Waals surface area contributed by atoms with Gasteiger partial charge in [-0.2, -0.15) is 0 Å². The summed E-state index contributed by atoms with van der Waals surface area (Å²) in [6.45, 7) is 5.64. The van der Waals surface area contributed by atoms with Gasteiger partial charge < -0.3 is 15.5 Å². The van der Waals surface area contributed by atoms with Crippen LogP contribution in [0.3, 0.4) is 0 Å². The average Bonchev–Trinajstić information content (AvgIpc) is 2.67. The molecule has 0 saturated heterocycles. The van der Waals surface area contributed by atoms with Gasteiger partial charge in [0.25, 0.3) is 0 Å². The fraction of sp³-hybridized carbons (Fsp3) is 0.562. The monoisotopic (exact) mass is 277 g/mol. The van der Waals surface area contributed by atoms with Gasteiger partial charge >= 0.3 is 0 Å². The van der Waals surface area contributed by atoms with Gasteiger partial charge in [0.15, 0.2) is 0 Å². The largest absolute Gasteiger partial charge is 0.390 e. The number of aryl methyl sites for hydroxylation is 1. The van der Waals surface area contributed by atoms with Gasteiger partial charge in [0.2, 0.25) is 5.91 Å². The Hall–Kier alpha value is -1.39. The summed E-state index contributed by atoms with van der Waals surface area (Å²) in [6.07, 6.45) is -1.24. The lowest BCUT2D eigenvalue weighted by atomic mass is 9.90. The summed E-state index contributed by atoms with van der Waals surface area (Å²) < 4.78 is 0. The number of nitrogens with one attached hydrogen (secondary N) is 1. The Morgan fingerprint density at radius 3 is 2.55 bits per heavy atom. The number of amides is 1. The highest BCUT2D eigenvalue weighted by molar-refractivity contribution is 5.78. The van der Waals surface area contributed by atoms with Crippen LogP contribution in [-0.2, 0) is 4.79 Å². The number of aliphatic hydroxyl groups is 2. The second-order valence-electron chi connectivity index (χ2n) is 5.95. The molecule has 4 heteroatoms. The van der Waals surface area contributed by atoms with Crippen molar-refractivity contribution in [1.82, 2.24) is 5.32 Å². The van der Waals surface area contributed by atoms with Gasteiger partial charge in [-0.25, -0.2) is 0 Å². The molecular weight excluding hydrogens is 254 g/mol. The van der Waals surface area contributed by atoms with Crippen molar-refractivity contribution in [2.75, 3.05) is 0 Å². The van der Waals surface area contributed by atoms with Crippen molar-refractivity contribution in [2.24, 2.45) is 5.92 Å². The number of benzene rings is 1. The molecule has 1 aromatic carbocycles. The first-order valence-electron chi connectivity index (χ1n) is 7.14. The highest BCUT2D eigenvalue weighted by Crippen LogP contribution is 2.36. The lowest BCUT2D eigenvalue weighted by Crippen LogP contribution is -2.46. The van der Waals surface area contributed by atoms with Gasteiger partial charge in [-0.15, -0.1) is 0 Å². The Morgan fingerprint density at radius 2 is 1.95 bits per heavy atom. The van der Waals surface area contributed by atoms with E-state index in [2.05, 4.69) is 5.32 Å². The van der Waals surface area contributed by atoms with Gasteiger partial charge in [0.05, 0.1) is 12.1 Å². The molecule has 0 spiro atoms. The highest BCUT2D eigenvalue weighted by atomic mass is 16.3. The van der Waals surface area contributed by atoms with Crippen LogP contribution in [0.5, 0.6) is 0 Å². The predicted molar refractivity (Wildman–Crippen MR) is 77.3 cm³/mol. The van der Waals surface area contributed by atoms with E-state index in [4.69, 9.17) is 0 Å². The first-order chi connectivity index (χ1) is 9.41. The average molecular weight is 277 g/mol. The molecule has 0 aliphatic heterocycles. The van der Waals surface area contributed by atoms with E-state index in [1.807, 2.05) is 45.0 Å². The number of hydrogen-bond acceptors (Lipinski definition) is 3. The minimum absolute atomic E-state index is 0.0519. The molecule has 1 saturated carbocycles. The van der Waals surface area contributed by atoms with Gasteiger partial charge in [-0.3, -0.25) is 4.79 Å². The van der Waals surface area contributed by atoms with Gasteiger partial charge in [0.1, 0.15) is 6.10 Å². The Morgan fingerprint density at radius 1 is 1.30 bits per heavy atom. The van der Waals surface area contributed by atoms with Crippen molar-refractivity contribution in [1.29, 1.82) is 0 Å². The Labute approximate surface area is 119 Å². The quantitative estimate of drug-likeness (QED) is 0.781. The molecule has 2 rings (SSSR count). The molecule has 4 nitrogen and oxygen atoms in total. The van der Waals surface area contributed by atoms with Crippen LogP contribution in [0.4, 0.5) is 0 Å². The number of aliphatic hydroxyl groups excluding tert-OH is 2. The molecule has 0 heterocycles. The molecule has 4 unspecified atom stereocenters. The summed E-state index contributed by atoms with van der Waals surface area (Å²) in [5.74, 6) is -0.289. The summed E-state index contributed by atoms with van der Waals surface area (Å²) in [5.41, 5.74) is 2.19. The van der Waals surface area contributed by atoms with E-state index in [1.165, 1.54) is 0 Å². The van der Waals surface area contributed by atoms with E-state index in [1.54, 1.807) is 0 Å². The van der Waals surface area contributed by atoms with E-state index < -0.39 is 18.2 Å². The number of hydrogen-bond donors (Lipinski definition) is 3. The third-order valence-corrected chi connectivity index (χ3v) is 4.11. The predicted octanol–water partition coefficient (Wildman–Crippen LogP) is 1.34. The number of carbonyl (C=O) groups is 1. The van der Waals surface area contributed by atoms with Crippen molar-refractivity contribution in [3.8, 4) is 0 Å². The Kier molecular flexibility index (Phi) is 4.45. The van der Waals surface area contributed by atoms with Crippen molar-refractivity contribution < 1.29 is 15.0 Å². The SMILES string of the molecule is Cc1ccccc1C1CC(O)C(O)C1NC(=O)C(C)C. The Balaban J connectivity index is 2.26. The van der Waals surface area contributed by atoms with Crippen LogP contribution in [0.2, 0.25) is 0 Å². The van der Waals surface area contributed by atoms with E-state index in [-0.39, 0.29) is 17.7 Å². The van der Waals surface area contributed by atoms with E-state index in [0.717, 1.165) is 11.1 Å². The van der Waals surface area contributed by atoms with Crippen LogP contribution in [0.25, 0.3) is 0 Å². The van der Waals surface area contributed by atoms with E-state index in [0.29, 0.717) is 6.42 Å². The molecule has 20 heavy (non-hydrogen) atoms. The van der Waals surface area contributed by atoms with Gasteiger partial charge in [-0.1, -0.05) is 38.1 Å². The van der Waals surface area contributed by atoms with Crippen LogP contribution < -0.4 is 5.32 Å². The first-order valence-corrected chi connectivity index (χ1v) is 7.14. The van der Waals surface area contributed by atoms with E-state index in [9.17, 15) is 15.0 Å². The lowest BCUT2D eigenvalue weighted by Gasteiger charge is -2.25. The molecule has 1 aromatic rings. The fourth-order valence-electron chi connectivity index (χ4n) is 2.86. The third kappa shape index (κ3) is 2.86. The zero-order chi connectivity index (χ0) is 14.9. The van der Waals surface area contributed by atoms with Gasteiger partial charge in [-0.05, 0) is 24.5 Å². The second kappa shape index (κ2) is 5.94. The van der Waals surface area contributed by atoms with Crippen molar-refractivity contribution in [2.45, 2.75) is 51.4 Å². The molecular formula is C16H23NO3. The highest BCUT2D eigenvalue weighted by Gasteiger charge is 2.43. The fourth-order valence-corrected chi connectivity index (χ4v) is 2.86. The minimum Gasteiger partial charge on any atom is -0.390 e. The second-order valence-corrected chi connectivity index (χ2v) is 5.95. The topological polar surface area (TPSA) is 69.6 Å². The molecule has 1 aliphatic rings. The summed E-state index contributed by atoms with van der Waals surface area (Å²) >= 11 is 0. The molecule has 0 radical (unpaired) electrons. The van der Waals surface area contributed by atoms with Crippen molar-refractivity contribution in [3.63, 3.8) is 0 Å². The van der Waals surface area contributed by atoms with Crippen LogP contribution in [0, 0.1) is 12.8 Å². The smallest absolute Gasteiger partial charge is 0.222 e. The number of rotatable bonds is 3. The maximum Gasteiger partial charge on any atom is 0.222 e. The van der Waals surface area contributed by atoms with Crippen molar-refractivity contribution in [3.05, 3.63) is 35.4 Å². The van der Waals surface area contributed by atoms with Crippen LogP contribution in [0.1, 0.15) is 37.3 Å². The van der Waals surface area contributed by atoms with E-state index >= 15 is 0 Å². The summed E-state index contributed by atoms with van der Waals surface area (Å²) in [7, 11) is 0. The zero-order valence-corrected chi connectivity index (χ0v) is 12.2. The minimum atomic E-state index is -0.915. The summed E-state index contributed by atoms with van der Waals surface area (Å²) in [5, 5.41) is 23.0.